The van der Waals surface area contributed by atoms with E-state index in [2.05, 4.69) is 16.0 Å². The number of fused-ring (bicyclic) bond motifs is 1. The van der Waals surface area contributed by atoms with Gasteiger partial charge in [0, 0.05) is 48.9 Å². The second-order valence-electron chi connectivity index (χ2n) is 10.8. The molecule has 2 aliphatic carbocycles. The highest BCUT2D eigenvalue weighted by Gasteiger charge is 2.25. The molecule has 0 radical (unpaired) electrons. The summed E-state index contributed by atoms with van der Waals surface area (Å²) in [5.74, 6) is -0.0464. The quantitative estimate of drug-likeness (QED) is 0.450. The number of carbonyl (C=O) groups is 1. The molecule has 1 atom stereocenters. The van der Waals surface area contributed by atoms with Crippen LogP contribution < -0.4 is 21.5 Å². The number of rotatable bonds is 8. The Hall–Kier alpha value is -3.03. The van der Waals surface area contributed by atoms with Gasteiger partial charge in [-0.2, -0.15) is 0 Å². The van der Waals surface area contributed by atoms with E-state index in [1.54, 1.807) is 13.0 Å². The highest BCUT2D eigenvalue weighted by molar-refractivity contribution is 5.97. The lowest BCUT2D eigenvalue weighted by molar-refractivity contribution is 0.0950. The van der Waals surface area contributed by atoms with Gasteiger partial charge in [0.15, 0.2) is 0 Å². The van der Waals surface area contributed by atoms with Gasteiger partial charge >= 0.3 is 0 Å². The predicted octanol–water partition coefficient (Wildman–Crippen LogP) is 3.87. The van der Waals surface area contributed by atoms with Crippen LogP contribution in [0, 0.1) is 18.7 Å². The highest BCUT2D eigenvalue weighted by Crippen LogP contribution is 2.33. The Bertz CT molecular complexity index is 1380. The van der Waals surface area contributed by atoms with Crippen molar-refractivity contribution in [2.45, 2.75) is 64.2 Å². The maximum atomic E-state index is 14.9. The predicted molar refractivity (Wildman–Crippen MR) is 140 cm³/mol. The molecule has 1 aliphatic heterocycles. The maximum absolute atomic E-state index is 14.9. The SMILES string of the molecule is Cc1c(F)cc(C(=O)NC2CC2)cc1-c1ccc2c(=O)n(CC3CC3)cc(CN[C@@H]3CCNC3)c2c1. The van der Waals surface area contributed by atoms with Gasteiger partial charge in [-0.25, -0.2) is 4.39 Å². The van der Waals surface area contributed by atoms with Crippen LogP contribution in [0.25, 0.3) is 21.9 Å². The lowest BCUT2D eigenvalue weighted by atomic mass is 9.94. The minimum atomic E-state index is -0.399. The molecule has 2 aromatic carbocycles. The van der Waals surface area contributed by atoms with Gasteiger partial charge in [-0.15, -0.1) is 0 Å². The molecule has 0 bridgehead atoms. The Labute approximate surface area is 210 Å². The minimum absolute atomic E-state index is 0.0233. The Balaban J connectivity index is 1.41. The molecule has 1 saturated heterocycles. The van der Waals surface area contributed by atoms with Gasteiger partial charge in [0.05, 0.1) is 0 Å². The molecule has 6 nitrogen and oxygen atoms in total. The van der Waals surface area contributed by atoms with Crippen molar-refractivity contribution in [2.24, 2.45) is 5.92 Å². The van der Waals surface area contributed by atoms with E-state index in [9.17, 15) is 14.0 Å². The lowest BCUT2D eigenvalue weighted by Crippen LogP contribution is -2.31. The van der Waals surface area contributed by atoms with Crippen LogP contribution in [0.5, 0.6) is 0 Å². The van der Waals surface area contributed by atoms with E-state index in [4.69, 9.17) is 0 Å². The molecule has 0 spiro atoms. The molecular weight excluding hydrogens is 455 g/mol. The van der Waals surface area contributed by atoms with Crippen LogP contribution in [-0.2, 0) is 13.1 Å². The Morgan fingerprint density at radius 1 is 1.08 bits per heavy atom. The van der Waals surface area contributed by atoms with Gasteiger partial charge in [-0.05, 0) is 103 Å². The summed E-state index contributed by atoms with van der Waals surface area (Å²) in [6.45, 7) is 5.12. The lowest BCUT2D eigenvalue weighted by Gasteiger charge is -2.17. The van der Waals surface area contributed by atoms with Gasteiger partial charge in [0.25, 0.3) is 11.5 Å². The molecular formula is C29H33FN4O2. The van der Waals surface area contributed by atoms with Crippen molar-refractivity contribution in [3.05, 3.63) is 69.4 Å². The third kappa shape index (κ3) is 4.82. The number of hydrogen-bond acceptors (Lipinski definition) is 4. The van der Waals surface area contributed by atoms with Crippen molar-refractivity contribution in [3.63, 3.8) is 0 Å². The zero-order valence-corrected chi connectivity index (χ0v) is 20.7. The average molecular weight is 489 g/mol. The molecule has 0 unspecified atom stereocenters. The topological polar surface area (TPSA) is 75.2 Å². The van der Waals surface area contributed by atoms with Crippen molar-refractivity contribution in [3.8, 4) is 11.1 Å². The number of benzene rings is 2. The fraction of sp³-hybridized carbons (Fsp3) is 0.448. The first-order chi connectivity index (χ1) is 17.5. The van der Waals surface area contributed by atoms with Gasteiger partial charge in [-0.1, -0.05) is 6.07 Å². The fourth-order valence-electron chi connectivity index (χ4n) is 5.18. The monoisotopic (exact) mass is 488 g/mol. The van der Waals surface area contributed by atoms with Crippen LogP contribution in [-0.4, -0.2) is 35.6 Å². The second kappa shape index (κ2) is 9.45. The molecule has 36 heavy (non-hydrogen) atoms. The number of pyridine rings is 1. The molecule has 3 aromatic rings. The number of aromatic nitrogens is 1. The van der Waals surface area contributed by atoms with Gasteiger partial charge in [0.2, 0.25) is 0 Å². The third-order valence-electron chi connectivity index (χ3n) is 7.79. The van der Waals surface area contributed by atoms with Gasteiger partial charge in [0.1, 0.15) is 5.82 Å². The van der Waals surface area contributed by atoms with Crippen LogP contribution in [0.2, 0.25) is 0 Å². The fourth-order valence-corrected chi connectivity index (χ4v) is 5.18. The number of halogens is 1. The summed E-state index contributed by atoms with van der Waals surface area (Å²) in [6, 6.07) is 9.44. The molecule has 1 aromatic heterocycles. The summed E-state index contributed by atoms with van der Waals surface area (Å²) in [5.41, 5.74) is 3.41. The largest absolute Gasteiger partial charge is 0.349 e. The van der Waals surface area contributed by atoms with Gasteiger partial charge < -0.3 is 20.5 Å². The van der Waals surface area contributed by atoms with Crippen molar-refractivity contribution in [1.82, 2.24) is 20.5 Å². The smallest absolute Gasteiger partial charge is 0.258 e. The molecule has 7 heteroatoms. The third-order valence-corrected chi connectivity index (χ3v) is 7.79. The number of hydrogen-bond donors (Lipinski definition) is 3. The first kappa shape index (κ1) is 23.4. The van der Waals surface area contributed by atoms with Crippen molar-refractivity contribution < 1.29 is 9.18 Å². The molecule has 2 heterocycles. The molecule has 3 fully saturated rings. The van der Waals surface area contributed by atoms with E-state index in [0.29, 0.717) is 40.6 Å². The average Bonchev–Trinajstić information content (AvgIpc) is 3.81. The molecule has 1 amide bonds. The molecule has 3 N–H and O–H groups in total. The second-order valence-corrected chi connectivity index (χ2v) is 10.8. The van der Waals surface area contributed by atoms with Crippen LogP contribution in [0.15, 0.2) is 41.3 Å². The Morgan fingerprint density at radius 3 is 2.64 bits per heavy atom. The zero-order chi connectivity index (χ0) is 24.8. The van der Waals surface area contributed by atoms with Crippen LogP contribution in [0.1, 0.15) is 53.6 Å². The highest BCUT2D eigenvalue weighted by atomic mass is 19.1. The number of nitrogens with zero attached hydrogens (tertiary/aromatic N) is 1. The van der Waals surface area contributed by atoms with E-state index in [1.807, 2.05) is 29.0 Å². The van der Waals surface area contributed by atoms with Crippen LogP contribution >= 0.6 is 0 Å². The summed E-state index contributed by atoms with van der Waals surface area (Å²) in [7, 11) is 0. The number of amides is 1. The van der Waals surface area contributed by atoms with E-state index in [1.165, 1.54) is 18.9 Å². The Morgan fingerprint density at radius 2 is 1.92 bits per heavy atom. The molecule has 6 rings (SSSR count). The van der Waals surface area contributed by atoms with Gasteiger partial charge in [-0.3, -0.25) is 9.59 Å². The molecule has 3 aliphatic rings. The van der Waals surface area contributed by atoms with E-state index >= 15 is 0 Å². The summed E-state index contributed by atoms with van der Waals surface area (Å²) >= 11 is 0. The zero-order valence-electron chi connectivity index (χ0n) is 20.7. The molecule has 2 saturated carbocycles. The van der Waals surface area contributed by atoms with Crippen molar-refractivity contribution >= 4 is 16.7 Å². The molecule has 188 valence electrons. The van der Waals surface area contributed by atoms with Crippen LogP contribution in [0.4, 0.5) is 4.39 Å². The summed E-state index contributed by atoms with van der Waals surface area (Å²) in [5, 5.41) is 11.5. The number of carbonyl (C=O) groups excluding carboxylic acids is 1. The van der Waals surface area contributed by atoms with Crippen molar-refractivity contribution in [1.29, 1.82) is 0 Å². The number of nitrogens with one attached hydrogen (secondary N) is 3. The normalized spacial score (nSPS) is 19.7. The standard InChI is InChI=1S/C29H33FN4O2/c1-17-25(11-20(12-27(17)30)28(35)33-22-5-6-22)19-4-7-24-26(10-19)21(13-32-23-8-9-31-14-23)16-34(29(24)36)15-18-2-3-18/h4,7,10-12,16,18,22-23,31-32H,2-3,5-6,8-9,13-15H2,1H3,(H,33,35)/t23-/m1/s1. The first-order valence-corrected chi connectivity index (χ1v) is 13.2. The summed E-state index contributed by atoms with van der Waals surface area (Å²) in [4.78, 5) is 26.0. The van der Waals surface area contributed by atoms with E-state index < -0.39 is 5.82 Å². The maximum Gasteiger partial charge on any atom is 0.258 e. The van der Waals surface area contributed by atoms with E-state index in [0.717, 1.165) is 55.4 Å². The minimum Gasteiger partial charge on any atom is -0.349 e. The summed E-state index contributed by atoms with van der Waals surface area (Å²) < 4.78 is 16.8. The summed E-state index contributed by atoms with van der Waals surface area (Å²) in [6.07, 6.45) is 7.40. The first-order valence-electron chi connectivity index (χ1n) is 13.2. The van der Waals surface area contributed by atoms with Crippen molar-refractivity contribution in [2.75, 3.05) is 13.1 Å². The van der Waals surface area contributed by atoms with E-state index in [-0.39, 0.29) is 17.5 Å². The Kier molecular flexibility index (Phi) is 6.13. The van der Waals surface area contributed by atoms with Crippen LogP contribution in [0.3, 0.4) is 0 Å².